The number of H-pyrrole nitrogens is 1. The predicted molar refractivity (Wildman–Crippen MR) is 77.6 cm³/mol. The van der Waals surface area contributed by atoms with Crippen LogP contribution >= 0.6 is 27.7 Å². The quantitative estimate of drug-likeness (QED) is 0.515. The van der Waals surface area contributed by atoms with Crippen LogP contribution in [0.25, 0.3) is 0 Å². The summed E-state index contributed by atoms with van der Waals surface area (Å²) in [5.41, 5.74) is -1.24. The van der Waals surface area contributed by atoms with E-state index >= 15 is 0 Å². The van der Waals surface area contributed by atoms with Crippen LogP contribution in [0.15, 0.2) is 14.7 Å². The van der Waals surface area contributed by atoms with E-state index in [1.54, 1.807) is 7.05 Å². The minimum absolute atomic E-state index is 0.178. The first kappa shape index (κ1) is 15.5. The van der Waals surface area contributed by atoms with Gasteiger partial charge >= 0.3 is 11.1 Å². The Morgan fingerprint density at radius 2 is 2.06 bits per heavy atom. The van der Waals surface area contributed by atoms with Crippen LogP contribution in [0.1, 0.15) is 20.8 Å². The van der Waals surface area contributed by atoms with E-state index in [1.807, 2.05) is 0 Å². The summed E-state index contributed by atoms with van der Waals surface area (Å²) in [7, 11) is 1.68. The Morgan fingerprint density at radius 1 is 1.44 bits per heavy atom. The van der Waals surface area contributed by atoms with Crippen molar-refractivity contribution in [3.05, 3.63) is 20.7 Å². The molecule has 5 nitrogen and oxygen atoms in total. The smallest absolute Gasteiger partial charge is 0.265 e. The summed E-state index contributed by atoms with van der Waals surface area (Å²) in [6.45, 7) is 6.54. The van der Waals surface area contributed by atoms with Crippen LogP contribution in [-0.4, -0.2) is 25.8 Å². The van der Waals surface area contributed by atoms with E-state index in [1.165, 1.54) is 16.4 Å². The third-order valence-electron chi connectivity index (χ3n) is 2.77. The Bertz CT molecular complexity index is 518. The Labute approximate surface area is 119 Å². The zero-order valence-electron chi connectivity index (χ0n) is 11.0. The molecule has 18 heavy (non-hydrogen) atoms. The SMILES string of the molecule is Cn1[nH]c(=O)c(=O)nc1SCC(CBr)C(C)(C)C. The van der Waals surface area contributed by atoms with E-state index in [0.29, 0.717) is 11.1 Å². The molecule has 1 rings (SSSR count). The van der Waals surface area contributed by atoms with Crippen molar-refractivity contribution < 1.29 is 0 Å². The van der Waals surface area contributed by atoms with Gasteiger partial charge in [-0.2, -0.15) is 4.98 Å². The lowest BCUT2D eigenvalue weighted by atomic mass is 9.83. The number of hydrogen-bond acceptors (Lipinski definition) is 4. The highest BCUT2D eigenvalue weighted by Gasteiger charge is 2.24. The lowest BCUT2D eigenvalue weighted by Gasteiger charge is -2.28. The first-order valence-electron chi connectivity index (χ1n) is 5.62. The van der Waals surface area contributed by atoms with E-state index in [9.17, 15) is 9.59 Å². The monoisotopic (exact) mass is 335 g/mol. The van der Waals surface area contributed by atoms with Gasteiger partial charge in [0.2, 0.25) is 0 Å². The molecule has 0 aromatic carbocycles. The second-order valence-corrected chi connectivity index (χ2v) is 6.86. The molecule has 0 saturated heterocycles. The van der Waals surface area contributed by atoms with Gasteiger partial charge in [0.25, 0.3) is 0 Å². The van der Waals surface area contributed by atoms with Crippen molar-refractivity contribution in [2.45, 2.75) is 25.9 Å². The molecular weight excluding hydrogens is 318 g/mol. The molecule has 0 aliphatic rings. The second kappa shape index (κ2) is 6.06. The largest absolute Gasteiger partial charge is 0.339 e. The van der Waals surface area contributed by atoms with Gasteiger partial charge in [0, 0.05) is 18.1 Å². The van der Waals surface area contributed by atoms with Crippen LogP contribution in [0.5, 0.6) is 0 Å². The van der Waals surface area contributed by atoms with Crippen LogP contribution in [0.4, 0.5) is 0 Å². The van der Waals surface area contributed by atoms with Crippen LogP contribution in [0, 0.1) is 11.3 Å². The summed E-state index contributed by atoms with van der Waals surface area (Å²) in [5, 5.41) is 3.87. The maximum atomic E-state index is 11.2. The third-order valence-corrected chi connectivity index (χ3v) is 4.75. The van der Waals surface area contributed by atoms with Gasteiger partial charge in [-0.15, -0.1) is 0 Å². The van der Waals surface area contributed by atoms with Gasteiger partial charge in [0.1, 0.15) is 0 Å². The highest BCUT2D eigenvalue weighted by molar-refractivity contribution is 9.09. The van der Waals surface area contributed by atoms with Crippen molar-refractivity contribution in [1.29, 1.82) is 0 Å². The van der Waals surface area contributed by atoms with E-state index in [-0.39, 0.29) is 5.41 Å². The van der Waals surface area contributed by atoms with E-state index in [4.69, 9.17) is 0 Å². The number of halogens is 1. The fourth-order valence-electron chi connectivity index (χ4n) is 1.29. The standard InChI is InChI=1S/C11H18BrN3O2S/c1-11(2,3)7(5-12)6-18-10-13-8(16)9(17)14-15(10)4/h7H,5-6H2,1-4H3,(H,14,17). The van der Waals surface area contributed by atoms with E-state index in [2.05, 4.69) is 46.8 Å². The predicted octanol–water partition coefficient (Wildman–Crippen LogP) is 1.62. The molecule has 0 saturated carbocycles. The number of nitrogens with zero attached hydrogens (tertiary/aromatic N) is 2. The zero-order valence-corrected chi connectivity index (χ0v) is 13.4. The van der Waals surface area contributed by atoms with Gasteiger partial charge in [0.15, 0.2) is 5.16 Å². The van der Waals surface area contributed by atoms with Crippen LogP contribution in [0.2, 0.25) is 0 Å². The number of rotatable bonds is 4. The summed E-state index contributed by atoms with van der Waals surface area (Å²) in [5.74, 6) is 1.28. The number of aromatic amines is 1. The fourth-order valence-corrected chi connectivity index (χ4v) is 4.15. The summed E-state index contributed by atoms with van der Waals surface area (Å²) in [6, 6.07) is 0. The molecule has 1 aromatic heterocycles. The number of nitrogens with one attached hydrogen (secondary N) is 1. The fraction of sp³-hybridized carbons (Fsp3) is 0.727. The first-order chi connectivity index (χ1) is 8.25. The highest BCUT2D eigenvalue weighted by Crippen LogP contribution is 2.31. The van der Waals surface area contributed by atoms with Crippen molar-refractivity contribution in [2.75, 3.05) is 11.1 Å². The molecule has 102 valence electrons. The van der Waals surface area contributed by atoms with Gasteiger partial charge in [-0.05, 0) is 11.3 Å². The first-order valence-corrected chi connectivity index (χ1v) is 7.72. The maximum Gasteiger partial charge on any atom is 0.339 e. The van der Waals surface area contributed by atoms with Gasteiger partial charge in [0.05, 0.1) is 0 Å². The molecule has 0 amide bonds. The van der Waals surface area contributed by atoms with Crippen LogP contribution in [0.3, 0.4) is 0 Å². The van der Waals surface area contributed by atoms with Crippen molar-refractivity contribution in [3.63, 3.8) is 0 Å². The average molecular weight is 336 g/mol. The van der Waals surface area contributed by atoms with Gasteiger partial charge in [-0.25, -0.2) is 0 Å². The number of hydrogen-bond donors (Lipinski definition) is 1. The zero-order chi connectivity index (χ0) is 13.9. The molecule has 1 atom stereocenters. The Kier molecular flexibility index (Phi) is 5.21. The van der Waals surface area contributed by atoms with Crippen molar-refractivity contribution in [3.8, 4) is 0 Å². The molecule has 1 heterocycles. The van der Waals surface area contributed by atoms with Gasteiger partial charge in [-0.1, -0.05) is 48.5 Å². The second-order valence-electron chi connectivity index (χ2n) is 5.23. The van der Waals surface area contributed by atoms with Gasteiger partial charge < -0.3 is 0 Å². The molecule has 0 aliphatic carbocycles. The topological polar surface area (TPSA) is 67.8 Å². The summed E-state index contributed by atoms with van der Waals surface area (Å²) >= 11 is 4.99. The Balaban J connectivity index is 2.84. The van der Waals surface area contributed by atoms with Crippen LogP contribution < -0.4 is 11.1 Å². The Hall–Kier alpha value is -0.560. The minimum atomic E-state index is -0.734. The summed E-state index contributed by atoms with van der Waals surface area (Å²) in [6.07, 6.45) is 0. The lowest BCUT2D eigenvalue weighted by Crippen LogP contribution is -2.34. The van der Waals surface area contributed by atoms with E-state index in [0.717, 1.165) is 11.1 Å². The Morgan fingerprint density at radius 3 is 2.56 bits per heavy atom. The minimum Gasteiger partial charge on any atom is -0.265 e. The van der Waals surface area contributed by atoms with Crippen molar-refractivity contribution in [2.24, 2.45) is 18.4 Å². The normalized spacial score (nSPS) is 13.6. The molecular formula is C11H18BrN3O2S. The molecule has 7 heteroatoms. The van der Waals surface area contributed by atoms with Gasteiger partial charge in [-0.3, -0.25) is 19.4 Å². The van der Waals surface area contributed by atoms with Crippen LogP contribution in [-0.2, 0) is 7.05 Å². The average Bonchev–Trinajstić information content (AvgIpc) is 2.24. The molecule has 1 N–H and O–H groups in total. The maximum absolute atomic E-state index is 11.2. The molecule has 1 aromatic rings. The summed E-state index contributed by atoms with van der Waals surface area (Å²) in [4.78, 5) is 26.1. The molecule has 0 spiro atoms. The highest BCUT2D eigenvalue weighted by atomic mass is 79.9. The summed E-state index contributed by atoms with van der Waals surface area (Å²) < 4.78 is 1.49. The molecule has 0 aliphatic heterocycles. The lowest BCUT2D eigenvalue weighted by molar-refractivity contribution is 0.295. The molecule has 0 fully saturated rings. The van der Waals surface area contributed by atoms with Crippen molar-refractivity contribution >= 4 is 27.7 Å². The number of aryl methyl sites for hydroxylation is 1. The number of thioether (sulfide) groups is 1. The number of aromatic nitrogens is 3. The third kappa shape index (κ3) is 3.98. The molecule has 1 unspecified atom stereocenters. The van der Waals surface area contributed by atoms with Crippen molar-refractivity contribution in [1.82, 2.24) is 14.8 Å². The number of alkyl halides is 1. The molecule has 0 bridgehead atoms. The molecule has 0 radical (unpaired) electrons. The van der Waals surface area contributed by atoms with E-state index < -0.39 is 11.1 Å².